The Kier molecular flexibility index (Phi) is 1.89. The van der Waals surface area contributed by atoms with Crippen LogP contribution in [0.15, 0.2) is 26.4 Å². The first-order chi connectivity index (χ1) is 4.33. The Labute approximate surface area is 60.1 Å². The third-order valence-electron chi connectivity index (χ3n) is 0.779. The van der Waals surface area contributed by atoms with E-state index in [0.717, 1.165) is 0 Å². The fourth-order valence-corrected chi connectivity index (χ4v) is 0.774. The lowest BCUT2D eigenvalue weighted by atomic mass is 10.5. The molecular formula is C5H4BrNO2. The average Bonchev–Trinajstić information content (AvgIpc) is 2.17. The van der Waals surface area contributed by atoms with E-state index in [-0.39, 0.29) is 0 Å². The van der Waals surface area contributed by atoms with Gasteiger partial charge in [0, 0.05) is 0 Å². The summed E-state index contributed by atoms with van der Waals surface area (Å²) in [6.45, 7) is 0. The fraction of sp³-hybridized carbons (Fsp3) is 0. The largest absolute Gasteiger partial charge is 0.448 e. The molecule has 0 saturated carbocycles. The van der Waals surface area contributed by atoms with Crippen molar-refractivity contribution in [3.63, 3.8) is 0 Å². The van der Waals surface area contributed by atoms with E-state index < -0.39 is 0 Å². The molecule has 0 saturated heterocycles. The minimum atomic E-state index is 0.518. The average molecular weight is 190 g/mol. The van der Waals surface area contributed by atoms with E-state index in [9.17, 15) is 0 Å². The summed E-state index contributed by atoms with van der Waals surface area (Å²) in [5.41, 5.74) is 0. The standard InChI is InChI=1S/C5H4BrNO2/c6-5-2-1-4(9-5)3-7-8/h1-3,8H/b7-3+. The van der Waals surface area contributed by atoms with Crippen LogP contribution in [0.25, 0.3) is 0 Å². The maximum absolute atomic E-state index is 8.02. The normalized spacial score (nSPS) is 10.8. The van der Waals surface area contributed by atoms with Gasteiger partial charge in [-0.2, -0.15) is 0 Å². The highest BCUT2D eigenvalue weighted by Crippen LogP contribution is 2.11. The molecule has 4 heteroatoms. The van der Waals surface area contributed by atoms with Crippen LogP contribution >= 0.6 is 15.9 Å². The predicted molar refractivity (Wildman–Crippen MR) is 35.8 cm³/mol. The van der Waals surface area contributed by atoms with Crippen molar-refractivity contribution in [3.05, 3.63) is 22.6 Å². The second kappa shape index (κ2) is 2.68. The van der Waals surface area contributed by atoms with Gasteiger partial charge in [-0.15, -0.1) is 0 Å². The molecule has 0 bridgehead atoms. The third-order valence-corrected chi connectivity index (χ3v) is 1.21. The maximum Gasteiger partial charge on any atom is 0.169 e. The second-order valence-corrected chi connectivity index (χ2v) is 2.17. The van der Waals surface area contributed by atoms with Gasteiger partial charge < -0.3 is 9.62 Å². The Morgan fingerprint density at radius 3 is 2.89 bits per heavy atom. The highest BCUT2D eigenvalue weighted by molar-refractivity contribution is 9.10. The lowest BCUT2D eigenvalue weighted by Gasteiger charge is -1.77. The Morgan fingerprint density at radius 1 is 1.67 bits per heavy atom. The Morgan fingerprint density at radius 2 is 2.44 bits per heavy atom. The van der Waals surface area contributed by atoms with Gasteiger partial charge in [0.05, 0.1) is 0 Å². The molecule has 9 heavy (non-hydrogen) atoms. The van der Waals surface area contributed by atoms with E-state index in [1.54, 1.807) is 12.1 Å². The molecule has 1 rings (SSSR count). The number of rotatable bonds is 1. The molecule has 1 aromatic heterocycles. The zero-order chi connectivity index (χ0) is 6.69. The first-order valence-electron chi connectivity index (χ1n) is 2.25. The van der Waals surface area contributed by atoms with Crippen LogP contribution < -0.4 is 0 Å². The zero-order valence-corrected chi connectivity index (χ0v) is 6.00. The van der Waals surface area contributed by atoms with Gasteiger partial charge in [0.1, 0.15) is 12.0 Å². The van der Waals surface area contributed by atoms with Gasteiger partial charge in [-0.25, -0.2) is 0 Å². The van der Waals surface area contributed by atoms with Crippen molar-refractivity contribution < 1.29 is 9.62 Å². The molecule has 1 N–H and O–H groups in total. The van der Waals surface area contributed by atoms with Gasteiger partial charge in [0.2, 0.25) is 0 Å². The van der Waals surface area contributed by atoms with Gasteiger partial charge in [0.25, 0.3) is 0 Å². The first-order valence-corrected chi connectivity index (χ1v) is 3.05. The molecule has 3 nitrogen and oxygen atoms in total. The molecule has 1 aromatic rings. The molecule has 0 aliphatic carbocycles. The summed E-state index contributed by atoms with van der Waals surface area (Å²) in [4.78, 5) is 0. The van der Waals surface area contributed by atoms with E-state index >= 15 is 0 Å². The van der Waals surface area contributed by atoms with Crippen LogP contribution in [0.3, 0.4) is 0 Å². The number of hydrogen-bond donors (Lipinski definition) is 1. The number of nitrogens with zero attached hydrogens (tertiary/aromatic N) is 1. The van der Waals surface area contributed by atoms with Crippen LogP contribution in [0.5, 0.6) is 0 Å². The molecule has 0 aliphatic heterocycles. The summed E-state index contributed by atoms with van der Waals surface area (Å²) in [6, 6.07) is 3.40. The van der Waals surface area contributed by atoms with Crippen LogP contribution in [-0.4, -0.2) is 11.4 Å². The van der Waals surface area contributed by atoms with Gasteiger partial charge in [0.15, 0.2) is 4.67 Å². The quantitative estimate of drug-likeness (QED) is 0.417. The van der Waals surface area contributed by atoms with E-state index in [2.05, 4.69) is 21.1 Å². The van der Waals surface area contributed by atoms with Crippen LogP contribution in [0.1, 0.15) is 5.76 Å². The predicted octanol–water partition coefficient (Wildman–Crippen LogP) is 1.85. The minimum Gasteiger partial charge on any atom is -0.448 e. The molecule has 0 fully saturated rings. The minimum absolute atomic E-state index is 0.518. The zero-order valence-electron chi connectivity index (χ0n) is 4.41. The summed E-state index contributed by atoms with van der Waals surface area (Å²) in [5, 5.41) is 10.8. The van der Waals surface area contributed by atoms with E-state index in [4.69, 9.17) is 9.62 Å². The van der Waals surface area contributed by atoms with Crippen molar-refractivity contribution in [3.8, 4) is 0 Å². The summed E-state index contributed by atoms with van der Waals surface area (Å²) < 4.78 is 5.55. The van der Waals surface area contributed by atoms with Crippen molar-refractivity contribution in [2.45, 2.75) is 0 Å². The third kappa shape index (κ3) is 1.57. The van der Waals surface area contributed by atoms with Gasteiger partial charge in [-0.1, -0.05) is 5.16 Å². The lowest BCUT2D eigenvalue weighted by Crippen LogP contribution is -1.70. The van der Waals surface area contributed by atoms with Gasteiger partial charge in [-0.3, -0.25) is 0 Å². The molecule has 48 valence electrons. The topological polar surface area (TPSA) is 45.7 Å². The van der Waals surface area contributed by atoms with Crippen LogP contribution in [0, 0.1) is 0 Å². The Balaban J connectivity index is 2.85. The van der Waals surface area contributed by atoms with Crippen molar-refractivity contribution in [2.24, 2.45) is 5.16 Å². The molecule has 0 aliphatic rings. The highest BCUT2D eigenvalue weighted by Gasteiger charge is 1.92. The summed E-state index contributed by atoms with van der Waals surface area (Å²) >= 11 is 3.09. The van der Waals surface area contributed by atoms with Crippen LogP contribution in [0.2, 0.25) is 0 Å². The van der Waals surface area contributed by atoms with E-state index in [1.165, 1.54) is 6.21 Å². The van der Waals surface area contributed by atoms with E-state index in [1.807, 2.05) is 0 Å². The highest BCUT2D eigenvalue weighted by atomic mass is 79.9. The maximum atomic E-state index is 8.02. The number of halogens is 1. The fourth-order valence-electron chi connectivity index (χ4n) is 0.455. The SMILES string of the molecule is O/N=C/c1ccc(Br)o1. The van der Waals surface area contributed by atoms with Crippen molar-refractivity contribution in [1.82, 2.24) is 0 Å². The first kappa shape index (κ1) is 6.35. The summed E-state index contributed by atoms with van der Waals surface area (Å²) in [7, 11) is 0. The second-order valence-electron chi connectivity index (χ2n) is 1.39. The lowest BCUT2D eigenvalue weighted by molar-refractivity contribution is 0.320. The van der Waals surface area contributed by atoms with Gasteiger partial charge in [-0.05, 0) is 28.1 Å². The van der Waals surface area contributed by atoms with Crippen molar-refractivity contribution in [1.29, 1.82) is 0 Å². The molecule has 0 amide bonds. The number of oxime groups is 1. The van der Waals surface area contributed by atoms with E-state index in [0.29, 0.717) is 10.4 Å². The molecule has 0 unspecified atom stereocenters. The smallest absolute Gasteiger partial charge is 0.169 e. The van der Waals surface area contributed by atoms with Crippen LogP contribution in [-0.2, 0) is 0 Å². The molecule has 0 spiro atoms. The van der Waals surface area contributed by atoms with Gasteiger partial charge >= 0.3 is 0 Å². The molecule has 1 heterocycles. The van der Waals surface area contributed by atoms with Crippen LogP contribution in [0.4, 0.5) is 0 Å². The monoisotopic (exact) mass is 189 g/mol. The van der Waals surface area contributed by atoms with Crippen molar-refractivity contribution in [2.75, 3.05) is 0 Å². The molecular weight excluding hydrogens is 186 g/mol. The molecule has 0 aromatic carbocycles. The molecule has 0 radical (unpaired) electrons. The number of furan rings is 1. The Bertz CT molecular complexity index is 218. The Hall–Kier alpha value is -0.770. The van der Waals surface area contributed by atoms with Crippen molar-refractivity contribution >= 4 is 22.1 Å². The molecule has 0 atom stereocenters. The number of hydrogen-bond acceptors (Lipinski definition) is 3. The summed E-state index contributed by atoms with van der Waals surface area (Å²) in [5.74, 6) is 0.518. The summed E-state index contributed by atoms with van der Waals surface area (Å²) in [6.07, 6.45) is 1.21.